The molecule has 1 fully saturated rings. The molecule has 0 spiro atoms. The minimum atomic E-state index is -0.195. The SMILES string of the molecule is CC(NCC1CCCCC1O)c1ccccc1F. The summed E-state index contributed by atoms with van der Waals surface area (Å²) in [5.74, 6) is 0.148. The van der Waals surface area contributed by atoms with Crippen molar-refractivity contribution < 1.29 is 9.50 Å². The van der Waals surface area contributed by atoms with Crippen molar-refractivity contribution >= 4 is 0 Å². The molecule has 3 heteroatoms. The van der Waals surface area contributed by atoms with Crippen molar-refractivity contribution in [1.29, 1.82) is 0 Å². The first-order valence-electron chi connectivity index (χ1n) is 6.84. The summed E-state index contributed by atoms with van der Waals surface area (Å²) in [6.45, 7) is 2.73. The predicted octanol–water partition coefficient (Wildman–Crippen LogP) is 3.03. The Morgan fingerprint density at radius 2 is 2.06 bits per heavy atom. The first kappa shape index (κ1) is 13.5. The molecule has 2 nitrogen and oxygen atoms in total. The van der Waals surface area contributed by atoms with Crippen molar-refractivity contribution in [3.05, 3.63) is 35.6 Å². The van der Waals surface area contributed by atoms with Gasteiger partial charge in [-0.15, -0.1) is 0 Å². The fourth-order valence-electron chi connectivity index (χ4n) is 2.69. The van der Waals surface area contributed by atoms with E-state index >= 15 is 0 Å². The van der Waals surface area contributed by atoms with E-state index in [0.717, 1.165) is 25.8 Å². The van der Waals surface area contributed by atoms with Gasteiger partial charge in [0.25, 0.3) is 0 Å². The minimum absolute atomic E-state index is 0.0136. The van der Waals surface area contributed by atoms with Crippen molar-refractivity contribution in [2.75, 3.05) is 6.54 Å². The van der Waals surface area contributed by atoms with Crippen LogP contribution in [-0.4, -0.2) is 17.8 Å². The van der Waals surface area contributed by atoms with E-state index in [1.165, 1.54) is 12.5 Å². The first-order valence-corrected chi connectivity index (χ1v) is 6.84. The molecule has 2 rings (SSSR count). The predicted molar refractivity (Wildman–Crippen MR) is 70.8 cm³/mol. The molecule has 100 valence electrons. The Morgan fingerprint density at radius 1 is 1.33 bits per heavy atom. The Labute approximate surface area is 108 Å². The third-order valence-corrected chi connectivity index (χ3v) is 3.93. The van der Waals surface area contributed by atoms with E-state index < -0.39 is 0 Å². The Kier molecular flexibility index (Phi) is 4.72. The molecule has 0 heterocycles. The Bertz CT molecular complexity index is 383. The summed E-state index contributed by atoms with van der Waals surface area (Å²) in [5.41, 5.74) is 0.697. The van der Waals surface area contributed by atoms with Gasteiger partial charge < -0.3 is 10.4 Å². The van der Waals surface area contributed by atoms with Crippen LogP contribution in [0.1, 0.15) is 44.2 Å². The molecule has 0 bridgehead atoms. The van der Waals surface area contributed by atoms with Gasteiger partial charge in [0.1, 0.15) is 5.82 Å². The molecule has 3 atom stereocenters. The number of aliphatic hydroxyl groups excluding tert-OH is 1. The van der Waals surface area contributed by atoms with Crippen LogP contribution in [0.15, 0.2) is 24.3 Å². The quantitative estimate of drug-likeness (QED) is 0.862. The molecule has 0 saturated heterocycles. The molecule has 18 heavy (non-hydrogen) atoms. The molecule has 0 aliphatic heterocycles. The lowest BCUT2D eigenvalue weighted by molar-refractivity contribution is 0.0683. The number of hydrogen-bond donors (Lipinski definition) is 2. The summed E-state index contributed by atoms with van der Waals surface area (Å²) in [5, 5.41) is 13.2. The third kappa shape index (κ3) is 3.30. The van der Waals surface area contributed by atoms with Gasteiger partial charge in [0.15, 0.2) is 0 Å². The Balaban J connectivity index is 1.88. The smallest absolute Gasteiger partial charge is 0.127 e. The zero-order chi connectivity index (χ0) is 13.0. The van der Waals surface area contributed by atoms with E-state index in [1.54, 1.807) is 6.07 Å². The maximum absolute atomic E-state index is 13.6. The van der Waals surface area contributed by atoms with Crippen LogP contribution in [0, 0.1) is 11.7 Å². The number of nitrogens with one attached hydrogen (secondary N) is 1. The van der Waals surface area contributed by atoms with Crippen molar-refractivity contribution in [1.82, 2.24) is 5.32 Å². The monoisotopic (exact) mass is 251 g/mol. The zero-order valence-electron chi connectivity index (χ0n) is 10.9. The number of halogens is 1. The third-order valence-electron chi connectivity index (χ3n) is 3.93. The summed E-state index contributed by atoms with van der Waals surface area (Å²) in [6, 6.07) is 6.84. The average molecular weight is 251 g/mol. The number of benzene rings is 1. The number of aliphatic hydroxyl groups is 1. The average Bonchev–Trinajstić information content (AvgIpc) is 2.38. The molecule has 0 amide bonds. The van der Waals surface area contributed by atoms with Gasteiger partial charge in [-0.3, -0.25) is 0 Å². The van der Waals surface area contributed by atoms with Crippen molar-refractivity contribution in [3.8, 4) is 0 Å². The lowest BCUT2D eigenvalue weighted by Crippen LogP contribution is -2.35. The standard InChI is InChI=1S/C15H22FNO/c1-11(13-7-3-4-8-14(13)16)17-10-12-6-2-5-9-15(12)18/h3-4,7-8,11-12,15,17-18H,2,5-6,9-10H2,1H3. The Morgan fingerprint density at radius 3 is 2.78 bits per heavy atom. The zero-order valence-corrected chi connectivity index (χ0v) is 10.9. The first-order chi connectivity index (χ1) is 8.68. The van der Waals surface area contributed by atoms with Gasteiger partial charge in [-0.2, -0.15) is 0 Å². The van der Waals surface area contributed by atoms with Crippen LogP contribution in [0.5, 0.6) is 0 Å². The maximum Gasteiger partial charge on any atom is 0.127 e. The number of rotatable bonds is 4. The molecule has 1 aliphatic carbocycles. The van der Waals surface area contributed by atoms with E-state index in [-0.39, 0.29) is 18.0 Å². The molecule has 1 aromatic carbocycles. The minimum Gasteiger partial charge on any atom is -0.393 e. The van der Waals surface area contributed by atoms with Gasteiger partial charge in [-0.1, -0.05) is 31.0 Å². The number of hydrogen-bond acceptors (Lipinski definition) is 2. The molecule has 1 saturated carbocycles. The fraction of sp³-hybridized carbons (Fsp3) is 0.600. The van der Waals surface area contributed by atoms with E-state index in [4.69, 9.17) is 0 Å². The molecule has 3 unspecified atom stereocenters. The van der Waals surface area contributed by atoms with Crippen molar-refractivity contribution in [2.45, 2.75) is 44.8 Å². The molecular weight excluding hydrogens is 229 g/mol. The maximum atomic E-state index is 13.6. The normalized spacial score (nSPS) is 25.9. The second-order valence-corrected chi connectivity index (χ2v) is 5.26. The molecular formula is C15H22FNO. The van der Waals surface area contributed by atoms with Gasteiger partial charge in [0.2, 0.25) is 0 Å². The van der Waals surface area contributed by atoms with E-state index in [2.05, 4.69) is 5.32 Å². The van der Waals surface area contributed by atoms with Crippen LogP contribution in [0.25, 0.3) is 0 Å². The van der Waals surface area contributed by atoms with Crippen LogP contribution in [0.4, 0.5) is 4.39 Å². The lowest BCUT2D eigenvalue weighted by atomic mass is 9.86. The van der Waals surface area contributed by atoms with Crippen molar-refractivity contribution in [2.24, 2.45) is 5.92 Å². The van der Waals surface area contributed by atoms with E-state index in [9.17, 15) is 9.50 Å². The molecule has 1 aromatic rings. The second-order valence-electron chi connectivity index (χ2n) is 5.26. The summed E-state index contributed by atoms with van der Waals surface area (Å²) in [7, 11) is 0. The van der Waals surface area contributed by atoms with Crippen LogP contribution < -0.4 is 5.32 Å². The summed E-state index contributed by atoms with van der Waals surface area (Å²) in [6.07, 6.45) is 4.09. The summed E-state index contributed by atoms with van der Waals surface area (Å²) >= 11 is 0. The highest BCUT2D eigenvalue weighted by Crippen LogP contribution is 2.24. The highest BCUT2D eigenvalue weighted by Gasteiger charge is 2.23. The van der Waals surface area contributed by atoms with Gasteiger partial charge in [0.05, 0.1) is 6.10 Å². The Hall–Kier alpha value is -0.930. The van der Waals surface area contributed by atoms with Crippen LogP contribution in [0.3, 0.4) is 0 Å². The summed E-state index contributed by atoms with van der Waals surface area (Å²) < 4.78 is 13.6. The highest BCUT2D eigenvalue weighted by atomic mass is 19.1. The molecule has 2 N–H and O–H groups in total. The van der Waals surface area contributed by atoms with Gasteiger partial charge in [-0.05, 0) is 31.7 Å². The van der Waals surface area contributed by atoms with Gasteiger partial charge in [0, 0.05) is 18.2 Å². The summed E-state index contributed by atoms with van der Waals surface area (Å²) in [4.78, 5) is 0. The second kappa shape index (κ2) is 6.30. The fourth-order valence-corrected chi connectivity index (χ4v) is 2.69. The van der Waals surface area contributed by atoms with Crippen LogP contribution >= 0.6 is 0 Å². The van der Waals surface area contributed by atoms with Crippen LogP contribution in [-0.2, 0) is 0 Å². The largest absolute Gasteiger partial charge is 0.393 e. The molecule has 1 aliphatic rings. The van der Waals surface area contributed by atoms with Crippen LogP contribution in [0.2, 0.25) is 0 Å². The van der Waals surface area contributed by atoms with E-state index in [0.29, 0.717) is 11.5 Å². The topological polar surface area (TPSA) is 32.3 Å². The van der Waals surface area contributed by atoms with Crippen molar-refractivity contribution in [3.63, 3.8) is 0 Å². The van der Waals surface area contributed by atoms with E-state index in [1.807, 2.05) is 19.1 Å². The lowest BCUT2D eigenvalue weighted by Gasteiger charge is -2.29. The van der Waals surface area contributed by atoms with Gasteiger partial charge >= 0.3 is 0 Å². The highest BCUT2D eigenvalue weighted by molar-refractivity contribution is 5.20. The molecule has 0 aromatic heterocycles. The molecule has 0 radical (unpaired) electrons. The van der Waals surface area contributed by atoms with Gasteiger partial charge in [-0.25, -0.2) is 4.39 Å².